The summed E-state index contributed by atoms with van der Waals surface area (Å²) in [5.74, 6) is -1.73. The van der Waals surface area contributed by atoms with Crippen LogP contribution in [0.1, 0.15) is 43.9 Å². The molecule has 10 heteroatoms. The number of likely N-dealkylation sites (tertiary alicyclic amines) is 1. The molecule has 1 aliphatic heterocycles. The number of sulfonamides is 1. The van der Waals surface area contributed by atoms with Gasteiger partial charge >= 0.3 is 11.9 Å². The van der Waals surface area contributed by atoms with Crippen molar-refractivity contribution in [1.29, 1.82) is 0 Å². The van der Waals surface area contributed by atoms with E-state index in [1.165, 1.54) is 36.4 Å². The summed E-state index contributed by atoms with van der Waals surface area (Å²) in [6, 6.07) is 9.49. The van der Waals surface area contributed by atoms with Crippen molar-refractivity contribution in [2.75, 3.05) is 32.0 Å². The smallest absolute Gasteiger partial charge is 0.339 e. The van der Waals surface area contributed by atoms with Gasteiger partial charge in [-0.2, -0.15) is 0 Å². The highest BCUT2D eigenvalue weighted by Crippen LogP contribution is 2.23. The molecular formula is C21H22N2O7S. The number of benzene rings is 2. The number of esters is 2. The molecule has 0 aromatic heterocycles. The topological polar surface area (TPSA) is 119 Å². The van der Waals surface area contributed by atoms with Gasteiger partial charge < -0.3 is 14.4 Å². The van der Waals surface area contributed by atoms with Gasteiger partial charge in [-0.05, 0) is 55.3 Å². The summed E-state index contributed by atoms with van der Waals surface area (Å²) in [6.07, 6.45) is 1.94. The quantitative estimate of drug-likeness (QED) is 0.676. The second-order valence-electron chi connectivity index (χ2n) is 6.88. The van der Waals surface area contributed by atoms with Gasteiger partial charge in [0.25, 0.3) is 15.9 Å². The molecule has 0 saturated carbocycles. The standard InChI is InChI=1S/C21H22N2O7S/c1-29-20(25)15-7-10-17(21(26)30-2)18(13-15)31(27,28)22-16-8-5-14(6-9-16)19(24)23-11-3-4-12-23/h5-10,13,22H,3-4,11-12H2,1-2H3. The molecule has 164 valence electrons. The maximum Gasteiger partial charge on any atom is 0.339 e. The summed E-state index contributed by atoms with van der Waals surface area (Å²) in [5, 5.41) is 0. The molecule has 1 saturated heterocycles. The maximum absolute atomic E-state index is 13.0. The summed E-state index contributed by atoms with van der Waals surface area (Å²) in [5.41, 5.74) is 0.371. The first kappa shape index (κ1) is 22.3. The Hall–Kier alpha value is -3.40. The van der Waals surface area contributed by atoms with Crippen molar-refractivity contribution in [3.63, 3.8) is 0 Å². The first-order chi connectivity index (χ1) is 14.8. The van der Waals surface area contributed by atoms with Crippen LogP contribution in [-0.2, 0) is 19.5 Å². The molecular weight excluding hydrogens is 424 g/mol. The van der Waals surface area contributed by atoms with Crippen LogP contribution in [0.15, 0.2) is 47.4 Å². The van der Waals surface area contributed by atoms with Crippen molar-refractivity contribution < 1.29 is 32.3 Å². The SMILES string of the molecule is COC(=O)c1ccc(C(=O)OC)c(S(=O)(=O)Nc2ccc(C(=O)N3CCCC3)cc2)c1. The molecule has 0 bridgehead atoms. The largest absolute Gasteiger partial charge is 0.465 e. The van der Waals surface area contributed by atoms with Crippen LogP contribution < -0.4 is 4.72 Å². The van der Waals surface area contributed by atoms with E-state index in [9.17, 15) is 22.8 Å². The lowest BCUT2D eigenvalue weighted by Crippen LogP contribution is -2.27. The van der Waals surface area contributed by atoms with Gasteiger partial charge in [0.1, 0.15) is 4.90 Å². The Morgan fingerprint density at radius 3 is 2.03 bits per heavy atom. The monoisotopic (exact) mass is 446 g/mol. The minimum absolute atomic E-state index is 0.0397. The zero-order chi connectivity index (χ0) is 22.6. The van der Waals surface area contributed by atoms with E-state index in [4.69, 9.17) is 0 Å². The molecule has 31 heavy (non-hydrogen) atoms. The molecule has 2 aromatic rings. The lowest BCUT2D eigenvalue weighted by Gasteiger charge is -2.16. The third-order valence-electron chi connectivity index (χ3n) is 4.87. The Bertz CT molecular complexity index is 1110. The summed E-state index contributed by atoms with van der Waals surface area (Å²) >= 11 is 0. The maximum atomic E-state index is 13.0. The van der Waals surface area contributed by atoms with Gasteiger partial charge in [0.2, 0.25) is 0 Å². The van der Waals surface area contributed by atoms with Crippen LogP contribution in [0.3, 0.4) is 0 Å². The van der Waals surface area contributed by atoms with Crippen molar-refractivity contribution >= 4 is 33.6 Å². The highest BCUT2D eigenvalue weighted by atomic mass is 32.2. The minimum atomic E-state index is -4.27. The van der Waals surface area contributed by atoms with Crippen LogP contribution in [0, 0.1) is 0 Å². The number of rotatable bonds is 6. The molecule has 1 N–H and O–H groups in total. The highest BCUT2D eigenvalue weighted by molar-refractivity contribution is 7.92. The second-order valence-corrected chi connectivity index (χ2v) is 8.53. The van der Waals surface area contributed by atoms with Gasteiger partial charge in [0, 0.05) is 24.3 Å². The third-order valence-corrected chi connectivity index (χ3v) is 6.30. The van der Waals surface area contributed by atoms with Crippen LogP contribution in [-0.4, -0.2) is 58.5 Å². The average molecular weight is 446 g/mol. The van der Waals surface area contributed by atoms with Crippen LogP contribution in [0.5, 0.6) is 0 Å². The van der Waals surface area contributed by atoms with Crippen LogP contribution in [0.2, 0.25) is 0 Å². The number of amides is 1. The number of ether oxygens (including phenoxy) is 2. The lowest BCUT2D eigenvalue weighted by atomic mass is 10.1. The molecule has 3 rings (SSSR count). The molecule has 0 radical (unpaired) electrons. The third kappa shape index (κ3) is 4.85. The van der Waals surface area contributed by atoms with Gasteiger partial charge in [0.05, 0.1) is 25.3 Å². The number of hydrogen-bond donors (Lipinski definition) is 1. The number of nitrogens with one attached hydrogen (secondary N) is 1. The summed E-state index contributed by atoms with van der Waals surface area (Å²) in [6.45, 7) is 1.42. The second kappa shape index (κ2) is 9.17. The Kier molecular flexibility index (Phi) is 6.59. The number of nitrogens with zero attached hydrogens (tertiary/aromatic N) is 1. The molecule has 9 nitrogen and oxygen atoms in total. The molecule has 0 aliphatic carbocycles. The average Bonchev–Trinajstić information content (AvgIpc) is 3.32. The number of carbonyl (C=O) groups excluding carboxylic acids is 3. The molecule has 0 atom stereocenters. The number of carbonyl (C=O) groups is 3. The predicted molar refractivity (Wildman–Crippen MR) is 112 cm³/mol. The minimum Gasteiger partial charge on any atom is -0.465 e. The molecule has 2 aromatic carbocycles. The van der Waals surface area contributed by atoms with Gasteiger partial charge in [0.15, 0.2) is 0 Å². The Balaban J connectivity index is 1.89. The molecule has 0 spiro atoms. The Morgan fingerprint density at radius 2 is 1.45 bits per heavy atom. The zero-order valence-corrected chi connectivity index (χ0v) is 17.9. The number of anilines is 1. The van der Waals surface area contributed by atoms with Crippen molar-refractivity contribution in [3.8, 4) is 0 Å². The van der Waals surface area contributed by atoms with Crippen LogP contribution in [0.25, 0.3) is 0 Å². The van der Waals surface area contributed by atoms with Crippen molar-refractivity contribution in [3.05, 3.63) is 59.2 Å². The number of hydrogen-bond acceptors (Lipinski definition) is 7. The fourth-order valence-corrected chi connectivity index (χ4v) is 4.54. The normalized spacial score (nSPS) is 13.5. The first-order valence-corrected chi connectivity index (χ1v) is 11.0. The first-order valence-electron chi connectivity index (χ1n) is 9.49. The Morgan fingerprint density at radius 1 is 0.871 bits per heavy atom. The Labute approximate surface area is 180 Å². The molecule has 0 unspecified atom stereocenters. The van der Waals surface area contributed by atoms with Gasteiger partial charge in [-0.1, -0.05) is 0 Å². The summed E-state index contributed by atoms with van der Waals surface area (Å²) < 4.78 is 37.6. The van der Waals surface area contributed by atoms with E-state index in [0.717, 1.165) is 33.1 Å². The van der Waals surface area contributed by atoms with E-state index in [2.05, 4.69) is 14.2 Å². The number of methoxy groups -OCH3 is 2. The van der Waals surface area contributed by atoms with E-state index < -0.39 is 26.9 Å². The summed E-state index contributed by atoms with van der Waals surface area (Å²) in [7, 11) is -1.98. The van der Waals surface area contributed by atoms with Gasteiger partial charge in [-0.25, -0.2) is 18.0 Å². The van der Waals surface area contributed by atoms with E-state index in [1.807, 2.05) is 0 Å². The van der Waals surface area contributed by atoms with E-state index in [0.29, 0.717) is 18.7 Å². The summed E-state index contributed by atoms with van der Waals surface area (Å²) in [4.78, 5) is 37.6. The molecule has 1 amide bonds. The predicted octanol–water partition coefficient (Wildman–Crippen LogP) is 2.30. The van der Waals surface area contributed by atoms with E-state index in [-0.39, 0.29) is 22.7 Å². The van der Waals surface area contributed by atoms with Crippen molar-refractivity contribution in [1.82, 2.24) is 4.90 Å². The molecule has 1 heterocycles. The van der Waals surface area contributed by atoms with Crippen molar-refractivity contribution in [2.45, 2.75) is 17.7 Å². The van der Waals surface area contributed by atoms with Crippen LogP contribution >= 0.6 is 0 Å². The van der Waals surface area contributed by atoms with E-state index >= 15 is 0 Å². The van der Waals surface area contributed by atoms with E-state index in [1.54, 1.807) is 4.90 Å². The molecule has 1 aliphatic rings. The van der Waals surface area contributed by atoms with Gasteiger partial charge in [-0.3, -0.25) is 9.52 Å². The fraction of sp³-hybridized carbons (Fsp3) is 0.286. The van der Waals surface area contributed by atoms with Gasteiger partial charge in [-0.15, -0.1) is 0 Å². The van der Waals surface area contributed by atoms with Crippen LogP contribution in [0.4, 0.5) is 5.69 Å². The fourth-order valence-electron chi connectivity index (χ4n) is 3.26. The zero-order valence-electron chi connectivity index (χ0n) is 17.1. The van der Waals surface area contributed by atoms with Crippen molar-refractivity contribution in [2.24, 2.45) is 0 Å². The highest BCUT2D eigenvalue weighted by Gasteiger charge is 2.26. The molecule has 1 fully saturated rings. The lowest BCUT2D eigenvalue weighted by molar-refractivity contribution is 0.0583.